The molecule has 0 aliphatic carbocycles. The van der Waals surface area contributed by atoms with Crippen molar-refractivity contribution >= 4 is 0 Å². The number of halogens is 3. The van der Waals surface area contributed by atoms with Crippen molar-refractivity contribution in [1.82, 2.24) is 14.9 Å². The summed E-state index contributed by atoms with van der Waals surface area (Å²) in [6.07, 6.45) is -0.695. The highest BCUT2D eigenvalue weighted by Crippen LogP contribution is 2.30. The number of imidazole rings is 1. The standard InChI is InChI=1S/C13H18F3N3O/c14-13(15,16)11-7-19-6-9(1-2-12(19)18-11)5-17-10-3-4-20-8-10/h7,9-10,17H,1-6,8H2/t9-,10+/m1/s1. The molecule has 0 unspecified atom stereocenters. The van der Waals surface area contributed by atoms with Crippen molar-refractivity contribution in [2.24, 2.45) is 5.92 Å². The fourth-order valence-electron chi connectivity index (χ4n) is 2.85. The second-order valence-corrected chi connectivity index (χ2v) is 5.57. The van der Waals surface area contributed by atoms with Crippen molar-refractivity contribution in [2.75, 3.05) is 19.8 Å². The van der Waals surface area contributed by atoms with Gasteiger partial charge in [0.15, 0.2) is 5.69 Å². The van der Waals surface area contributed by atoms with E-state index in [1.165, 1.54) is 0 Å². The number of nitrogens with zero attached hydrogens (tertiary/aromatic N) is 2. The van der Waals surface area contributed by atoms with Crippen LogP contribution in [0, 0.1) is 5.92 Å². The van der Waals surface area contributed by atoms with E-state index in [0.717, 1.165) is 38.8 Å². The number of fused-ring (bicyclic) bond motifs is 1. The van der Waals surface area contributed by atoms with Gasteiger partial charge in [0.25, 0.3) is 0 Å². The molecular weight excluding hydrogens is 271 g/mol. The molecule has 1 N–H and O–H groups in total. The van der Waals surface area contributed by atoms with Crippen LogP contribution in [0.4, 0.5) is 13.2 Å². The van der Waals surface area contributed by atoms with Crippen LogP contribution in [0.25, 0.3) is 0 Å². The van der Waals surface area contributed by atoms with Crippen molar-refractivity contribution in [3.05, 3.63) is 17.7 Å². The number of aryl methyl sites for hydroxylation is 1. The molecule has 1 aromatic rings. The van der Waals surface area contributed by atoms with Crippen LogP contribution in [0.3, 0.4) is 0 Å². The van der Waals surface area contributed by atoms with Gasteiger partial charge < -0.3 is 14.6 Å². The van der Waals surface area contributed by atoms with Gasteiger partial charge in [-0.3, -0.25) is 0 Å². The topological polar surface area (TPSA) is 39.1 Å². The second kappa shape index (κ2) is 5.37. The third-order valence-electron chi connectivity index (χ3n) is 4.01. The Morgan fingerprint density at radius 1 is 1.40 bits per heavy atom. The number of hydrogen-bond donors (Lipinski definition) is 1. The highest BCUT2D eigenvalue weighted by molar-refractivity contribution is 5.09. The zero-order chi connectivity index (χ0) is 14.2. The molecule has 1 fully saturated rings. The van der Waals surface area contributed by atoms with Crippen LogP contribution in [-0.4, -0.2) is 35.4 Å². The smallest absolute Gasteiger partial charge is 0.380 e. The van der Waals surface area contributed by atoms with E-state index in [-0.39, 0.29) is 0 Å². The number of hydrogen-bond acceptors (Lipinski definition) is 3. The summed E-state index contributed by atoms with van der Waals surface area (Å²) in [6, 6.07) is 0.393. The predicted molar refractivity (Wildman–Crippen MR) is 66.3 cm³/mol. The second-order valence-electron chi connectivity index (χ2n) is 5.57. The molecule has 0 aromatic carbocycles. The first-order chi connectivity index (χ1) is 9.52. The fourth-order valence-corrected chi connectivity index (χ4v) is 2.85. The van der Waals surface area contributed by atoms with Gasteiger partial charge in [-0.05, 0) is 18.8 Å². The van der Waals surface area contributed by atoms with E-state index in [1.807, 2.05) is 0 Å². The zero-order valence-electron chi connectivity index (χ0n) is 11.1. The first-order valence-electron chi connectivity index (χ1n) is 6.97. The average molecular weight is 289 g/mol. The third kappa shape index (κ3) is 2.98. The molecule has 0 radical (unpaired) electrons. The largest absolute Gasteiger partial charge is 0.434 e. The highest BCUT2D eigenvalue weighted by atomic mass is 19.4. The summed E-state index contributed by atoms with van der Waals surface area (Å²) in [4.78, 5) is 3.69. The minimum Gasteiger partial charge on any atom is -0.380 e. The van der Waals surface area contributed by atoms with Crippen molar-refractivity contribution in [1.29, 1.82) is 0 Å². The summed E-state index contributed by atoms with van der Waals surface area (Å²) >= 11 is 0. The van der Waals surface area contributed by atoms with Crippen LogP contribution in [0.1, 0.15) is 24.4 Å². The zero-order valence-corrected chi connectivity index (χ0v) is 11.1. The molecule has 0 bridgehead atoms. The molecule has 0 spiro atoms. The Morgan fingerprint density at radius 3 is 2.95 bits per heavy atom. The number of alkyl halides is 3. The molecular formula is C13H18F3N3O. The maximum atomic E-state index is 12.6. The molecule has 1 aromatic heterocycles. The van der Waals surface area contributed by atoms with Crippen LogP contribution >= 0.6 is 0 Å². The lowest BCUT2D eigenvalue weighted by molar-refractivity contribution is -0.141. The molecule has 0 amide bonds. The monoisotopic (exact) mass is 289 g/mol. The Morgan fingerprint density at radius 2 is 2.25 bits per heavy atom. The Kier molecular flexibility index (Phi) is 3.72. The molecule has 2 atom stereocenters. The first-order valence-corrected chi connectivity index (χ1v) is 6.97. The molecule has 3 rings (SSSR count). The summed E-state index contributed by atoms with van der Waals surface area (Å²) in [7, 11) is 0. The van der Waals surface area contributed by atoms with E-state index in [1.54, 1.807) is 4.57 Å². The maximum Gasteiger partial charge on any atom is 0.434 e. The molecule has 0 saturated carbocycles. The molecule has 3 heterocycles. The number of aromatic nitrogens is 2. The maximum absolute atomic E-state index is 12.6. The van der Waals surface area contributed by atoms with Crippen LogP contribution < -0.4 is 5.32 Å². The Labute approximate surface area is 115 Å². The van der Waals surface area contributed by atoms with Gasteiger partial charge in [-0.2, -0.15) is 13.2 Å². The first kappa shape index (κ1) is 13.9. The number of nitrogens with one attached hydrogen (secondary N) is 1. The van der Waals surface area contributed by atoms with E-state index >= 15 is 0 Å². The van der Waals surface area contributed by atoms with Gasteiger partial charge in [0, 0.05) is 38.4 Å². The van der Waals surface area contributed by atoms with Crippen LogP contribution in [-0.2, 0) is 23.9 Å². The van der Waals surface area contributed by atoms with Crippen LogP contribution in [0.15, 0.2) is 6.20 Å². The van der Waals surface area contributed by atoms with E-state index in [2.05, 4.69) is 10.3 Å². The summed E-state index contributed by atoms with van der Waals surface area (Å²) < 4.78 is 44.8. The van der Waals surface area contributed by atoms with Gasteiger partial charge >= 0.3 is 6.18 Å². The van der Waals surface area contributed by atoms with Crippen LogP contribution in [0.2, 0.25) is 0 Å². The minimum absolute atomic E-state index is 0.360. The average Bonchev–Trinajstić information content (AvgIpc) is 3.04. The fraction of sp³-hybridized carbons (Fsp3) is 0.769. The quantitative estimate of drug-likeness (QED) is 0.923. The number of rotatable bonds is 3. The van der Waals surface area contributed by atoms with Gasteiger partial charge in [-0.25, -0.2) is 4.98 Å². The number of ether oxygens (including phenoxy) is 1. The van der Waals surface area contributed by atoms with Gasteiger partial charge in [0.2, 0.25) is 0 Å². The molecule has 112 valence electrons. The summed E-state index contributed by atoms with van der Waals surface area (Å²) in [5.41, 5.74) is -0.773. The molecule has 4 nitrogen and oxygen atoms in total. The minimum atomic E-state index is -4.35. The summed E-state index contributed by atoms with van der Waals surface area (Å²) in [5, 5.41) is 3.44. The lowest BCUT2D eigenvalue weighted by Crippen LogP contribution is -2.36. The molecule has 7 heteroatoms. The van der Waals surface area contributed by atoms with E-state index in [9.17, 15) is 13.2 Å². The lowest BCUT2D eigenvalue weighted by Gasteiger charge is -2.25. The summed E-state index contributed by atoms with van der Waals surface area (Å²) in [5.74, 6) is 0.913. The molecule has 2 aliphatic heterocycles. The molecule has 20 heavy (non-hydrogen) atoms. The summed E-state index contributed by atoms with van der Waals surface area (Å²) in [6.45, 7) is 2.97. The van der Waals surface area contributed by atoms with Crippen LogP contribution in [0.5, 0.6) is 0 Å². The van der Waals surface area contributed by atoms with Crippen molar-refractivity contribution in [3.8, 4) is 0 Å². The van der Waals surface area contributed by atoms with Gasteiger partial charge in [0.1, 0.15) is 5.82 Å². The van der Waals surface area contributed by atoms with Gasteiger partial charge in [-0.15, -0.1) is 0 Å². The third-order valence-corrected chi connectivity index (χ3v) is 4.01. The Balaban J connectivity index is 1.58. The Hall–Kier alpha value is -1.08. The van der Waals surface area contributed by atoms with Crippen molar-refractivity contribution < 1.29 is 17.9 Å². The van der Waals surface area contributed by atoms with E-state index in [0.29, 0.717) is 30.7 Å². The van der Waals surface area contributed by atoms with Gasteiger partial charge in [-0.1, -0.05) is 0 Å². The van der Waals surface area contributed by atoms with E-state index < -0.39 is 11.9 Å². The van der Waals surface area contributed by atoms with E-state index in [4.69, 9.17) is 4.74 Å². The lowest BCUT2D eigenvalue weighted by atomic mass is 9.99. The van der Waals surface area contributed by atoms with Gasteiger partial charge in [0.05, 0.1) is 6.61 Å². The predicted octanol–water partition coefficient (Wildman–Crippen LogP) is 1.84. The molecule has 1 saturated heterocycles. The normalized spacial score (nSPS) is 26.8. The van der Waals surface area contributed by atoms with Crippen molar-refractivity contribution in [2.45, 2.75) is 38.0 Å². The molecule has 2 aliphatic rings. The SMILES string of the molecule is FC(F)(F)c1cn2c(n1)CC[C@H](CN[C@H]1CCOC1)C2. The Bertz CT molecular complexity index is 466. The van der Waals surface area contributed by atoms with Crippen molar-refractivity contribution in [3.63, 3.8) is 0 Å². The highest BCUT2D eigenvalue weighted by Gasteiger charge is 2.35.